The Bertz CT molecular complexity index is 897. The normalized spacial score (nSPS) is 10.6. The average Bonchev–Trinajstić information content (AvgIpc) is 2.60. The summed E-state index contributed by atoms with van der Waals surface area (Å²) in [5.41, 5.74) is 1.05. The van der Waals surface area contributed by atoms with Gasteiger partial charge >= 0.3 is 144 Å². The molecule has 0 aliphatic carbocycles. The fourth-order valence-electron chi connectivity index (χ4n) is 2.40. The van der Waals surface area contributed by atoms with Crippen LogP contribution in [0.2, 0.25) is 0 Å². The van der Waals surface area contributed by atoms with Crippen LogP contribution in [0.4, 0.5) is 0 Å². The molecule has 0 saturated carbocycles. The zero-order valence-corrected chi connectivity index (χ0v) is 15.4. The molecule has 0 spiro atoms. The maximum atomic E-state index is 12.6. The molecule has 0 amide bonds. The minimum atomic E-state index is -0.707. The number of ether oxygens (including phenoxy) is 3. The Hall–Kier alpha value is -1.96. The summed E-state index contributed by atoms with van der Waals surface area (Å²) in [4.78, 5) is 12.6. The van der Waals surface area contributed by atoms with Crippen molar-refractivity contribution >= 4 is 29.2 Å². The van der Waals surface area contributed by atoms with Crippen LogP contribution in [0, 0.1) is 0 Å². The van der Waals surface area contributed by atoms with Crippen LogP contribution in [0.15, 0.2) is 47.3 Å². The Labute approximate surface area is 143 Å². The molecule has 5 heteroatoms. The number of hydrogen-bond acceptors (Lipinski definition) is 4. The molecule has 0 saturated heterocycles. The molecule has 0 N–H and O–H groups in total. The van der Waals surface area contributed by atoms with Gasteiger partial charge in [0.15, 0.2) is 0 Å². The summed E-state index contributed by atoms with van der Waals surface area (Å²) < 4.78 is 18.0. The van der Waals surface area contributed by atoms with E-state index in [1.165, 1.54) is 0 Å². The summed E-state index contributed by atoms with van der Waals surface area (Å²) in [6.07, 6.45) is 0. The van der Waals surface area contributed by atoms with E-state index in [1.807, 2.05) is 30.3 Å². The number of hydrogen-bond donors (Lipinski definition) is 0. The van der Waals surface area contributed by atoms with Crippen LogP contribution >= 0.6 is 0 Å². The fourth-order valence-corrected chi connectivity index (χ4v) is 5.64. The predicted octanol–water partition coefficient (Wildman–Crippen LogP) is 2.95. The molecule has 0 bridgehead atoms. The van der Waals surface area contributed by atoms with Crippen molar-refractivity contribution < 1.29 is 14.2 Å². The summed E-state index contributed by atoms with van der Waals surface area (Å²) in [6, 6.07) is 13.3. The molecule has 1 aromatic heterocycles. The van der Waals surface area contributed by atoms with Gasteiger partial charge in [-0.25, -0.2) is 0 Å². The molecule has 0 fully saturated rings. The zero-order valence-electron chi connectivity index (χ0n) is 13.1. The molecule has 3 aromatic rings. The zero-order chi connectivity index (χ0) is 16.4. The van der Waals surface area contributed by atoms with Crippen molar-refractivity contribution in [2.75, 3.05) is 21.3 Å². The first-order chi connectivity index (χ1) is 11.2. The molecule has 0 atom stereocenters. The Morgan fingerprint density at radius 3 is 2.13 bits per heavy atom. The Morgan fingerprint density at radius 2 is 1.52 bits per heavy atom. The van der Waals surface area contributed by atoms with Gasteiger partial charge in [0, 0.05) is 0 Å². The standard InChI is InChI=1S/C18H16O4Te/c1-20-12-6-4-11(5-7-12)16-10-14(19)18-15(22-3)8-13(21-2)9-17(18)23-16/h4-10H,1-3H3. The first-order valence-corrected chi connectivity index (χ1v) is 9.33. The first-order valence-electron chi connectivity index (χ1n) is 7.00. The second-order valence-corrected chi connectivity index (χ2v) is 8.00. The second kappa shape index (κ2) is 6.65. The van der Waals surface area contributed by atoms with E-state index in [1.54, 1.807) is 33.5 Å². The molecular formula is C18H16O4Te. The van der Waals surface area contributed by atoms with Crippen LogP contribution in [0.25, 0.3) is 17.9 Å². The SMILES string of the molecule is COc1ccc(-c2cc(=O)c3c(OC)cc(OC)cc3[te]2)cc1. The van der Waals surface area contributed by atoms with Gasteiger partial charge < -0.3 is 0 Å². The summed E-state index contributed by atoms with van der Waals surface area (Å²) in [6.45, 7) is 0. The van der Waals surface area contributed by atoms with Gasteiger partial charge in [-0.2, -0.15) is 0 Å². The van der Waals surface area contributed by atoms with Gasteiger partial charge in [-0.3, -0.25) is 0 Å². The molecule has 3 rings (SSSR count). The van der Waals surface area contributed by atoms with Crippen molar-refractivity contribution in [3.63, 3.8) is 0 Å². The van der Waals surface area contributed by atoms with Gasteiger partial charge in [0.2, 0.25) is 0 Å². The van der Waals surface area contributed by atoms with Crippen LogP contribution in [0.1, 0.15) is 0 Å². The van der Waals surface area contributed by atoms with Gasteiger partial charge in [0.25, 0.3) is 0 Å². The summed E-state index contributed by atoms with van der Waals surface area (Å²) in [5.74, 6) is 2.11. The van der Waals surface area contributed by atoms with Crippen LogP contribution in [-0.2, 0) is 0 Å². The first kappa shape index (κ1) is 15.9. The van der Waals surface area contributed by atoms with Crippen LogP contribution in [-0.4, -0.2) is 41.8 Å². The average molecular weight is 424 g/mol. The van der Waals surface area contributed by atoms with E-state index in [4.69, 9.17) is 14.2 Å². The maximum absolute atomic E-state index is 12.6. The predicted molar refractivity (Wildman–Crippen MR) is 92.3 cm³/mol. The van der Waals surface area contributed by atoms with Crippen molar-refractivity contribution in [2.24, 2.45) is 0 Å². The topological polar surface area (TPSA) is 44.8 Å². The van der Waals surface area contributed by atoms with E-state index >= 15 is 0 Å². The van der Waals surface area contributed by atoms with Crippen LogP contribution < -0.4 is 19.6 Å². The van der Waals surface area contributed by atoms with Crippen LogP contribution in [0.3, 0.4) is 0 Å². The number of fused-ring (bicyclic) bond motifs is 1. The summed E-state index contributed by atoms with van der Waals surface area (Å²) in [7, 11) is 4.83. The van der Waals surface area contributed by atoms with Gasteiger partial charge in [-0.1, -0.05) is 0 Å². The second-order valence-electron chi connectivity index (χ2n) is 4.91. The van der Waals surface area contributed by atoms with E-state index in [2.05, 4.69) is 0 Å². The third-order valence-corrected chi connectivity index (χ3v) is 6.78. The van der Waals surface area contributed by atoms with Gasteiger partial charge in [-0.05, 0) is 0 Å². The van der Waals surface area contributed by atoms with E-state index in [0.29, 0.717) is 11.1 Å². The van der Waals surface area contributed by atoms with E-state index in [9.17, 15) is 4.79 Å². The Balaban J connectivity index is 2.21. The molecule has 23 heavy (non-hydrogen) atoms. The Morgan fingerprint density at radius 1 is 0.826 bits per heavy atom. The van der Waals surface area contributed by atoms with Crippen molar-refractivity contribution in [1.82, 2.24) is 0 Å². The molecule has 0 aliphatic rings. The van der Waals surface area contributed by atoms with E-state index < -0.39 is 20.4 Å². The van der Waals surface area contributed by atoms with Gasteiger partial charge in [-0.15, -0.1) is 0 Å². The molecular weight excluding hydrogens is 408 g/mol. The molecule has 118 valence electrons. The van der Waals surface area contributed by atoms with E-state index in [-0.39, 0.29) is 5.43 Å². The van der Waals surface area contributed by atoms with Crippen LogP contribution in [0.5, 0.6) is 17.2 Å². The van der Waals surface area contributed by atoms with Gasteiger partial charge in [0.1, 0.15) is 0 Å². The van der Waals surface area contributed by atoms with Crippen molar-refractivity contribution in [3.05, 3.63) is 52.7 Å². The van der Waals surface area contributed by atoms with E-state index in [0.717, 1.165) is 24.0 Å². The van der Waals surface area contributed by atoms with Crippen molar-refractivity contribution in [1.29, 1.82) is 0 Å². The molecule has 2 aromatic carbocycles. The number of benzene rings is 2. The molecule has 0 radical (unpaired) electrons. The van der Waals surface area contributed by atoms with Gasteiger partial charge in [0.05, 0.1) is 0 Å². The fraction of sp³-hybridized carbons (Fsp3) is 0.167. The van der Waals surface area contributed by atoms with Crippen molar-refractivity contribution in [2.45, 2.75) is 0 Å². The Kier molecular flexibility index (Phi) is 4.61. The summed E-state index contributed by atoms with van der Waals surface area (Å²) >= 11 is -0.707. The number of rotatable bonds is 4. The summed E-state index contributed by atoms with van der Waals surface area (Å²) in [5, 5.41) is 0.674. The van der Waals surface area contributed by atoms with Crippen molar-refractivity contribution in [3.8, 4) is 26.4 Å². The third kappa shape index (κ3) is 3.08. The quantitative estimate of drug-likeness (QED) is 0.605. The molecule has 4 nitrogen and oxygen atoms in total. The third-order valence-electron chi connectivity index (χ3n) is 3.60. The monoisotopic (exact) mass is 426 g/mol. The molecule has 0 unspecified atom stereocenters. The minimum absolute atomic E-state index is 0.0123. The number of methoxy groups -OCH3 is 3. The molecule has 0 aliphatic heterocycles. The molecule has 1 heterocycles.